The summed E-state index contributed by atoms with van der Waals surface area (Å²) >= 11 is 0. The summed E-state index contributed by atoms with van der Waals surface area (Å²) in [5.74, 6) is -3.08. The number of halogens is 4. The lowest BCUT2D eigenvalue weighted by molar-refractivity contribution is -0.137. The van der Waals surface area contributed by atoms with Crippen molar-refractivity contribution in [2.75, 3.05) is 5.32 Å². The molecule has 0 unspecified atom stereocenters. The molecule has 2 aromatic carbocycles. The second kappa shape index (κ2) is 10.8. The molecule has 0 saturated heterocycles. The number of carbonyl (C=O) groups excluding carboxylic acids is 1. The van der Waals surface area contributed by atoms with E-state index in [4.69, 9.17) is 30.2 Å². The van der Waals surface area contributed by atoms with Crippen molar-refractivity contribution in [3.05, 3.63) is 87.6 Å². The molecule has 0 aliphatic carbocycles. The first-order valence-corrected chi connectivity index (χ1v) is 11.7. The number of benzene rings is 2. The average Bonchev–Trinajstić information content (AvgIpc) is 2.77. The van der Waals surface area contributed by atoms with Crippen LogP contribution < -0.4 is 15.6 Å². The van der Waals surface area contributed by atoms with E-state index in [0.29, 0.717) is 18.2 Å². The standard InChI is InChI=1S/C21H15B2F4N2O8P/c22-20(23,32)15-8-12(24)2-4-16(15)37-17-7-11(21(25,26)27)1-3-14(17)19(31)28-13-5-6-29(18(30)9-13)10-36-38(33,34)35/h1-9,32H,10H2,(H,28,31)(H2,33,34,35). The Morgan fingerprint density at radius 1 is 1.05 bits per heavy atom. The van der Waals surface area contributed by atoms with Crippen molar-refractivity contribution in [1.29, 1.82) is 0 Å². The van der Waals surface area contributed by atoms with Gasteiger partial charge in [0.15, 0.2) is 0 Å². The number of hydrogen-bond donors (Lipinski definition) is 4. The molecule has 0 fully saturated rings. The number of amides is 1. The van der Waals surface area contributed by atoms with E-state index >= 15 is 0 Å². The maximum absolute atomic E-state index is 13.7. The highest BCUT2D eigenvalue weighted by Crippen LogP contribution is 2.38. The number of ether oxygens (including phenoxy) is 1. The Bertz CT molecular complexity index is 1470. The molecule has 38 heavy (non-hydrogen) atoms. The second-order valence-electron chi connectivity index (χ2n) is 7.70. The second-order valence-corrected chi connectivity index (χ2v) is 8.94. The minimum atomic E-state index is -4.87. The minimum Gasteiger partial charge on any atom is -0.456 e. The van der Waals surface area contributed by atoms with Gasteiger partial charge in [-0.15, -0.1) is 0 Å². The van der Waals surface area contributed by atoms with Crippen LogP contribution in [0.15, 0.2) is 59.5 Å². The Kier molecular flexibility index (Phi) is 8.24. The van der Waals surface area contributed by atoms with E-state index in [2.05, 4.69) is 9.84 Å². The number of phosphoric ester groups is 1. The molecule has 0 atom stereocenters. The summed E-state index contributed by atoms with van der Waals surface area (Å²) in [7, 11) is 5.92. The van der Waals surface area contributed by atoms with Gasteiger partial charge in [0.2, 0.25) is 0 Å². The number of hydrogen-bond acceptors (Lipinski definition) is 6. The first kappa shape index (κ1) is 29.1. The fourth-order valence-corrected chi connectivity index (χ4v) is 3.30. The van der Waals surface area contributed by atoms with Crippen molar-refractivity contribution in [1.82, 2.24) is 4.57 Å². The number of rotatable bonds is 8. The Morgan fingerprint density at radius 2 is 1.74 bits per heavy atom. The summed E-state index contributed by atoms with van der Waals surface area (Å²) in [6, 6.07) is 6.32. The fourth-order valence-electron chi connectivity index (χ4n) is 3.02. The molecule has 1 heterocycles. The van der Waals surface area contributed by atoms with Gasteiger partial charge in [-0.1, -0.05) is 0 Å². The van der Waals surface area contributed by atoms with Crippen LogP contribution in [0.4, 0.5) is 23.2 Å². The van der Waals surface area contributed by atoms with Gasteiger partial charge in [-0.3, -0.25) is 18.7 Å². The molecule has 4 radical (unpaired) electrons. The largest absolute Gasteiger partial charge is 0.471 e. The number of carbonyl (C=O) groups is 1. The van der Waals surface area contributed by atoms with Crippen LogP contribution in [0, 0.1) is 5.82 Å². The molecule has 0 saturated carbocycles. The summed E-state index contributed by atoms with van der Waals surface area (Å²) in [6.45, 7) is -0.803. The summed E-state index contributed by atoms with van der Waals surface area (Å²) < 4.78 is 74.9. The predicted octanol–water partition coefficient (Wildman–Crippen LogP) is 2.56. The first-order valence-electron chi connectivity index (χ1n) is 10.2. The van der Waals surface area contributed by atoms with Crippen molar-refractivity contribution in [2.24, 2.45) is 0 Å². The third-order valence-electron chi connectivity index (χ3n) is 4.77. The molecular formula is C21H15B2F4N2O8P. The number of alkyl halides is 3. The van der Waals surface area contributed by atoms with Gasteiger partial charge in [0.05, 0.1) is 11.1 Å². The van der Waals surface area contributed by atoms with E-state index in [0.717, 1.165) is 41.1 Å². The molecule has 4 N–H and O–H groups in total. The molecule has 1 aromatic heterocycles. The van der Waals surface area contributed by atoms with Gasteiger partial charge in [-0.25, -0.2) is 8.96 Å². The monoisotopic (exact) mass is 552 g/mol. The molecule has 0 aliphatic heterocycles. The molecule has 0 spiro atoms. The number of aromatic nitrogens is 1. The van der Waals surface area contributed by atoms with Gasteiger partial charge in [0.25, 0.3) is 11.5 Å². The van der Waals surface area contributed by atoms with Crippen LogP contribution in [-0.4, -0.2) is 41.1 Å². The van der Waals surface area contributed by atoms with Crippen LogP contribution in [0.1, 0.15) is 21.5 Å². The summed E-state index contributed by atoms with van der Waals surface area (Å²) in [6.07, 6.45) is -3.81. The normalized spacial score (nSPS) is 12.3. The van der Waals surface area contributed by atoms with E-state index in [-0.39, 0.29) is 5.69 Å². The van der Waals surface area contributed by atoms with Crippen molar-refractivity contribution in [2.45, 2.75) is 18.3 Å². The topological polar surface area (TPSA) is 147 Å². The number of nitrogens with zero attached hydrogens (tertiary/aromatic N) is 1. The summed E-state index contributed by atoms with van der Waals surface area (Å²) in [4.78, 5) is 42.5. The van der Waals surface area contributed by atoms with Crippen LogP contribution in [-0.2, 0) is 27.4 Å². The highest BCUT2D eigenvalue weighted by atomic mass is 31.2. The van der Waals surface area contributed by atoms with Crippen LogP contribution in [0.25, 0.3) is 0 Å². The zero-order chi connectivity index (χ0) is 28.5. The third-order valence-corrected chi connectivity index (χ3v) is 5.22. The number of nitrogens with one attached hydrogen (secondary N) is 1. The third kappa shape index (κ3) is 7.55. The van der Waals surface area contributed by atoms with Gasteiger partial charge in [-0.2, -0.15) is 13.2 Å². The maximum Gasteiger partial charge on any atom is 0.471 e. The van der Waals surface area contributed by atoms with Crippen molar-refractivity contribution >= 4 is 35.1 Å². The van der Waals surface area contributed by atoms with Crippen molar-refractivity contribution in [3.8, 4) is 11.5 Å². The van der Waals surface area contributed by atoms with Gasteiger partial charge in [0, 0.05) is 28.9 Å². The summed E-state index contributed by atoms with van der Waals surface area (Å²) in [5, 5.41) is 9.54. The van der Waals surface area contributed by atoms with Crippen LogP contribution in [0.3, 0.4) is 0 Å². The van der Waals surface area contributed by atoms with Crippen LogP contribution in [0.2, 0.25) is 0 Å². The molecule has 17 heteroatoms. The van der Waals surface area contributed by atoms with Crippen LogP contribution >= 0.6 is 7.82 Å². The average molecular weight is 552 g/mol. The lowest BCUT2D eigenvalue weighted by Crippen LogP contribution is -2.26. The highest BCUT2D eigenvalue weighted by Gasteiger charge is 2.32. The molecule has 196 valence electrons. The lowest BCUT2D eigenvalue weighted by atomic mass is 9.61. The number of anilines is 1. The molecule has 0 aliphatic rings. The highest BCUT2D eigenvalue weighted by molar-refractivity contribution is 7.46. The van der Waals surface area contributed by atoms with Crippen molar-refractivity contribution < 1.29 is 51.1 Å². The number of pyridine rings is 1. The van der Waals surface area contributed by atoms with E-state index in [1.165, 1.54) is 0 Å². The molecule has 3 rings (SSSR count). The van der Waals surface area contributed by atoms with E-state index in [9.17, 15) is 36.8 Å². The predicted molar refractivity (Wildman–Crippen MR) is 125 cm³/mol. The molecular weight excluding hydrogens is 537 g/mol. The Balaban J connectivity index is 1.97. The lowest BCUT2D eigenvalue weighted by Gasteiger charge is -2.23. The van der Waals surface area contributed by atoms with E-state index < -0.39 is 71.6 Å². The first-order chi connectivity index (χ1) is 17.4. The Hall–Kier alpha value is -3.42. The van der Waals surface area contributed by atoms with Crippen molar-refractivity contribution in [3.63, 3.8) is 0 Å². The van der Waals surface area contributed by atoms with Gasteiger partial charge >= 0.3 is 14.0 Å². The van der Waals surface area contributed by atoms with Gasteiger partial charge in [0.1, 0.15) is 39.7 Å². The van der Waals surface area contributed by atoms with Gasteiger partial charge < -0.3 is 24.9 Å². The molecule has 1 amide bonds. The Morgan fingerprint density at radius 3 is 2.32 bits per heavy atom. The number of aliphatic hydroxyl groups is 1. The van der Waals surface area contributed by atoms with Gasteiger partial charge in [-0.05, 0) is 42.5 Å². The molecule has 0 bridgehead atoms. The fraction of sp³-hybridized carbons (Fsp3) is 0.143. The smallest absolute Gasteiger partial charge is 0.456 e. The van der Waals surface area contributed by atoms with E-state index in [1.807, 2.05) is 0 Å². The number of phosphoric acid groups is 1. The van der Waals surface area contributed by atoms with E-state index in [1.54, 1.807) is 0 Å². The summed E-state index contributed by atoms with van der Waals surface area (Å²) in [5.41, 5.74) is -3.21. The Labute approximate surface area is 213 Å². The maximum atomic E-state index is 13.7. The zero-order valence-electron chi connectivity index (χ0n) is 18.8. The quantitative estimate of drug-likeness (QED) is 0.190. The molecule has 3 aromatic rings. The zero-order valence-corrected chi connectivity index (χ0v) is 19.7. The molecule has 10 nitrogen and oxygen atoms in total. The minimum absolute atomic E-state index is 0.140. The SMILES string of the molecule is [B]C([B])(O)c1cc(F)ccc1Oc1cc(C(F)(F)F)ccc1C(=O)Nc1ccn(COP(=O)(O)O)c(=O)c1. The van der Waals surface area contributed by atoms with Crippen LogP contribution in [0.5, 0.6) is 11.5 Å².